The van der Waals surface area contributed by atoms with E-state index in [0.717, 1.165) is 22.2 Å². The number of fused-ring (bicyclic) bond motifs is 1. The Balaban J connectivity index is 1.43. The summed E-state index contributed by atoms with van der Waals surface area (Å²) >= 11 is 12.8. The van der Waals surface area contributed by atoms with Gasteiger partial charge in [0, 0.05) is 40.3 Å². The molecule has 0 bridgehead atoms. The van der Waals surface area contributed by atoms with Gasteiger partial charge >= 0.3 is 0 Å². The number of nitrogens with zero attached hydrogens (tertiary/aromatic N) is 3. The molecule has 1 aliphatic heterocycles. The van der Waals surface area contributed by atoms with Crippen molar-refractivity contribution in [1.82, 2.24) is 20.2 Å². The van der Waals surface area contributed by atoms with Crippen LogP contribution < -0.4 is 5.43 Å². The van der Waals surface area contributed by atoms with Gasteiger partial charge in [-0.25, -0.2) is 5.01 Å². The van der Waals surface area contributed by atoms with E-state index in [-0.39, 0.29) is 5.91 Å². The molecule has 1 N–H and O–H groups in total. The molecule has 5 rings (SSSR count). The van der Waals surface area contributed by atoms with Crippen molar-refractivity contribution < 1.29 is 13.9 Å². The second-order valence-corrected chi connectivity index (χ2v) is 8.79. The highest BCUT2D eigenvalue weighted by atomic mass is 35.5. The lowest BCUT2D eigenvalue weighted by Gasteiger charge is -2.26. The first kappa shape index (κ1) is 22.0. The topological polar surface area (TPSA) is 72.5 Å². The summed E-state index contributed by atoms with van der Waals surface area (Å²) in [5.41, 5.74) is 6.49. The van der Waals surface area contributed by atoms with Crippen LogP contribution in [0.15, 0.2) is 52.9 Å². The van der Waals surface area contributed by atoms with Crippen LogP contribution in [0, 0.1) is 6.92 Å². The molecule has 2 aromatic carbocycles. The first-order chi connectivity index (χ1) is 16.0. The number of hydrazine groups is 1. The smallest absolute Gasteiger partial charge is 0.286 e. The standard InChI is InChI=1S/C24H22Cl2N4O3/c1-15-10-21(24(31)28-29-6-8-32-9-7-29)27-30(15)14-17-12-18(25)11-16-13-22(33-23(16)17)19-4-2-3-5-20(19)26/h2-5,10-13H,6-9,14H2,1H3,(H,28,31). The maximum Gasteiger partial charge on any atom is 0.286 e. The van der Waals surface area contributed by atoms with Gasteiger partial charge in [-0.2, -0.15) is 5.10 Å². The van der Waals surface area contributed by atoms with Gasteiger partial charge in [-0.15, -0.1) is 0 Å². The Hall–Kier alpha value is -2.84. The number of furan rings is 1. The Kier molecular flexibility index (Phi) is 6.12. The summed E-state index contributed by atoms with van der Waals surface area (Å²) in [5, 5.41) is 8.46. The van der Waals surface area contributed by atoms with Crippen LogP contribution in [-0.2, 0) is 11.3 Å². The molecule has 2 aromatic heterocycles. The molecule has 1 aliphatic rings. The molecule has 1 saturated heterocycles. The number of aryl methyl sites for hydroxylation is 1. The predicted molar refractivity (Wildman–Crippen MR) is 128 cm³/mol. The highest BCUT2D eigenvalue weighted by Crippen LogP contribution is 2.35. The lowest BCUT2D eigenvalue weighted by Crippen LogP contribution is -2.48. The van der Waals surface area contributed by atoms with Crippen molar-refractivity contribution in [3.63, 3.8) is 0 Å². The number of rotatable bonds is 5. The Morgan fingerprint density at radius 1 is 1.12 bits per heavy atom. The third-order valence-electron chi connectivity index (χ3n) is 5.60. The average molecular weight is 485 g/mol. The van der Waals surface area contributed by atoms with Crippen LogP contribution >= 0.6 is 23.2 Å². The van der Waals surface area contributed by atoms with Crippen LogP contribution in [0.3, 0.4) is 0 Å². The van der Waals surface area contributed by atoms with Crippen molar-refractivity contribution in [2.45, 2.75) is 13.5 Å². The van der Waals surface area contributed by atoms with Crippen LogP contribution in [0.25, 0.3) is 22.3 Å². The Bertz CT molecular complexity index is 1320. The van der Waals surface area contributed by atoms with Gasteiger partial charge in [-0.05, 0) is 43.3 Å². The predicted octanol–water partition coefficient (Wildman–Crippen LogP) is 4.94. The molecule has 0 aliphatic carbocycles. The number of nitrogens with one attached hydrogen (secondary N) is 1. The van der Waals surface area contributed by atoms with Gasteiger partial charge in [-0.3, -0.25) is 14.9 Å². The van der Waals surface area contributed by atoms with Gasteiger partial charge < -0.3 is 9.15 Å². The molecule has 33 heavy (non-hydrogen) atoms. The molecule has 3 heterocycles. The zero-order valence-electron chi connectivity index (χ0n) is 18.0. The largest absolute Gasteiger partial charge is 0.456 e. The lowest BCUT2D eigenvalue weighted by molar-refractivity contribution is 0.0124. The van der Waals surface area contributed by atoms with Gasteiger partial charge in [0.2, 0.25) is 0 Å². The highest BCUT2D eigenvalue weighted by Gasteiger charge is 2.19. The third kappa shape index (κ3) is 4.63. The first-order valence-electron chi connectivity index (χ1n) is 10.6. The van der Waals surface area contributed by atoms with Gasteiger partial charge in [0.25, 0.3) is 5.91 Å². The van der Waals surface area contributed by atoms with Gasteiger partial charge in [0.15, 0.2) is 5.69 Å². The van der Waals surface area contributed by atoms with Gasteiger partial charge in [-0.1, -0.05) is 35.3 Å². The SMILES string of the molecule is Cc1cc(C(=O)NN2CCOCC2)nn1Cc1cc(Cl)cc2cc(-c3ccccc3Cl)oc12. The number of carbonyl (C=O) groups is 1. The van der Waals surface area contributed by atoms with E-state index in [0.29, 0.717) is 59.9 Å². The summed E-state index contributed by atoms with van der Waals surface area (Å²) in [6.07, 6.45) is 0. The number of amides is 1. The zero-order chi connectivity index (χ0) is 22.9. The van der Waals surface area contributed by atoms with E-state index in [1.165, 1.54) is 0 Å². The Morgan fingerprint density at radius 2 is 1.91 bits per heavy atom. The molecular weight excluding hydrogens is 463 g/mol. The van der Waals surface area contributed by atoms with Crippen LogP contribution in [0.1, 0.15) is 21.7 Å². The first-order valence-corrected chi connectivity index (χ1v) is 11.4. The maximum absolute atomic E-state index is 12.7. The fraction of sp³-hybridized carbons (Fsp3) is 0.250. The van der Waals surface area contributed by atoms with Crippen molar-refractivity contribution in [2.24, 2.45) is 0 Å². The molecule has 9 heteroatoms. The molecular formula is C24H22Cl2N4O3. The summed E-state index contributed by atoms with van der Waals surface area (Å²) in [5.74, 6) is 0.427. The number of hydrogen-bond donors (Lipinski definition) is 1. The second kappa shape index (κ2) is 9.19. The van der Waals surface area contributed by atoms with Crippen LogP contribution in [0.4, 0.5) is 0 Å². The average Bonchev–Trinajstić information content (AvgIpc) is 3.38. The molecule has 0 unspecified atom stereocenters. The number of benzene rings is 2. The third-order valence-corrected chi connectivity index (χ3v) is 6.15. The molecule has 4 aromatic rings. The number of morpholine rings is 1. The second-order valence-electron chi connectivity index (χ2n) is 7.94. The van der Waals surface area contributed by atoms with E-state index in [4.69, 9.17) is 32.4 Å². The van der Waals surface area contributed by atoms with Crippen LogP contribution in [0.2, 0.25) is 10.0 Å². The maximum atomic E-state index is 12.7. The number of halogens is 2. The molecule has 0 radical (unpaired) electrons. The minimum atomic E-state index is -0.242. The van der Waals surface area contributed by atoms with Crippen molar-refractivity contribution >= 4 is 40.1 Å². The number of aromatic nitrogens is 2. The van der Waals surface area contributed by atoms with E-state index in [1.807, 2.05) is 54.4 Å². The summed E-state index contributed by atoms with van der Waals surface area (Å²) < 4.78 is 13.3. The minimum absolute atomic E-state index is 0.242. The van der Waals surface area contributed by atoms with E-state index in [1.54, 1.807) is 10.7 Å². The Labute approximate surface area is 200 Å². The van der Waals surface area contributed by atoms with Gasteiger partial charge in [0.05, 0.1) is 24.8 Å². The number of carbonyl (C=O) groups excluding carboxylic acids is 1. The van der Waals surface area contributed by atoms with Crippen molar-refractivity contribution in [1.29, 1.82) is 0 Å². The van der Waals surface area contributed by atoms with E-state index in [2.05, 4.69) is 10.5 Å². The number of ether oxygens (including phenoxy) is 1. The fourth-order valence-electron chi connectivity index (χ4n) is 3.92. The summed E-state index contributed by atoms with van der Waals surface area (Å²) in [6.45, 7) is 4.81. The van der Waals surface area contributed by atoms with Crippen LogP contribution in [0.5, 0.6) is 0 Å². The van der Waals surface area contributed by atoms with Crippen molar-refractivity contribution in [3.8, 4) is 11.3 Å². The minimum Gasteiger partial charge on any atom is -0.456 e. The summed E-state index contributed by atoms with van der Waals surface area (Å²) in [6, 6.07) is 15.0. The molecule has 7 nitrogen and oxygen atoms in total. The fourth-order valence-corrected chi connectivity index (χ4v) is 4.39. The molecule has 0 spiro atoms. The monoisotopic (exact) mass is 484 g/mol. The normalized spacial score (nSPS) is 14.6. The number of hydrogen-bond acceptors (Lipinski definition) is 5. The molecule has 1 fully saturated rings. The molecule has 0 atom stereocenters. The van der Waals surface area contributed by atoms with Crippen LogP contribution in [-0.4, -0.2) is 47.0 Å². The van der Waals surface area contributed by atoms with E-state index in [9.17, 15) is 4.79 Å². The zero-order valence-corrected chi connectivity index (χ0v) is 19.5. The lowest BCUT2D eigenvalue weighted by atomic mass is 10.1. The quantitative estimate of drug-likeness (QED) is 0.434. The van der Waals surface area contributed by atoms with Crippen molar-refractivity contribution in [3.05, 3.63) is 75.5 Å². The molecule has 170 valence electrons. The van der Waals surface area contributed by atoms with E-state index < -0.39 is 0 Å². The molecule has 1 amide bonds. The highest BCUT2D eigenvalue weighted by molar-refractivity contribution is 6.33. The molecule has 0 saturated carbocycles. The Morgan fingerprint density at radius 3 is 2.70 bits per heavy atom. The summed E-state index contributed by atoms with van der Waals surface area (Å²) in [7, 11) is 0. The van der Waals surface area contributed by atoms with E-state index >= 15 is 0 Å². The summed E-state index contributed by atoms with van der Waals surface area (Å²) in [4.78, 5) is 12.7. The van der Waals surface area contributed by atoms with Crippen molar-refractivity contribution in [2.75, 3.05) is 26.3 Å². The van der Waals surface area contributed by atoms with Gasteiger partial charge in [0.1, 0.15) is 11.3 Å².